The summed E-state index contributed by atoms with van der Waals surface area (Å²) < 4.78 is 0. The summed E-state index contributed by atoms with van der Waals surface area (Å²) in [5.74, 6) is -1.39. The van der Waals surface area contributed by atoms with Gasteiger partial charge in [-0.3, -0.25) is 4.79 Å². The van der Waals surface area contributed by atoms with Crippen molar-refractivity contribution < 1.29 is 14.7 Å². The summed E-state index contributed by atoms with van der Waals surface area (Å²) >= 11 is 5.59. The van der Waals surface area contributed by atoms with Gasteiger partial charge in [0.1, 0.15) is 6.04 Å². The quantitative estimate of drug-likeness (QED) is 0.872. The molecule has 1 aromatic heterocycles. The minimum Gasteiger partial charge on any atom is -0.480 e. The number of rotatable bonds is 2. The van der Waals surface area contributed by atoms with E-state index in [-0.39, 0.29) is 10.8 Å². The van der Waals surface area contributed by atoms with Crippen molar-refractivity contribution >= 4 is 23.5 Å². The van der Waals surface area contributed by atoms with E-state index in [1.165, 1.54) is 17.0 Å². The molecular formula is C11H12ClN3O3. The average molecular weight is 270 g/mol. The maximum atomic E-state index is 12.1. The first-order valence-electron chi connectivity index (χ1n) is 5.62. The van der Waals surface area contributed by atoms with Crippen molar-refractivity contribution in [2.45, 2.75) is 25.3 Å². The molecule has 18 heavy (non-hydrogen) atoms. The lowest BCUT2D eigenvalue weighted by Gasteiger charge is -2.32. The smallest absolute Gasteiger partial charge is 0.326 e. The van der Waals surface area contributed by atoms with Gasteiger partial charge >= 0.3 is 5.97 Å². The molecule has 1 atom stereocenters. The molecule has 7 heteroatoms. The number of likely N-dealkylation sites (tertiary alicyclic amines) is 1. The van der Waals surface area contributed by atoms with E-state index in [9.17, 15) is 9.59 Å². The van der Waals surface area contributed by atoms with Gasteiger partial charge in [0.25, 0.3) is 5.91 Å². The Kier molecular flexibility index (Phi) is 3.76. The van der Waals surface area contributed by atoms with Gasteiger partial charge in [-0.05, 0) is 31.4 Å². The lowest BCUT2D eigenvalue weighted by molar-refractivity contribution is -0.143. The van der Waals surface area contributed by atoms with E-state index in [0.29, 0.717) is 13.0 Å². The predicted molar refractivity (Wildman–Crippen MR) is 63.4 cm³/mol. The summed E-state index contributed by atoms with van der Waals surface area (Å²) in [6.07, 6.45) is 2.09. The van der Waals surface area contributed by atoms with Gasteiger partial charge in [0.05, 0.1) is 0 Å². The van der Waals surface area contributed by atoms with Gasteiger partial charge < -0.3 is 10.0 Å². The molecule has 0 unspecified atom stereocenters. The second kappa shape index (κ2) is 5.30. The molecule has 1 saturated heterocycles. The number of carbonyl (C=O) groups is 2. The molecule has 1 amide bonds. The summed E-state index contributed by atoms with van der Waals surface area (Å²) in [6, 6.07) is 2.14. The Morgan fingerprint density at radius 3 is 2.72 bits per heavy atom. The molecule has 96 valence electrons. The van der Waals surface area contributed by atoms with Crippen molar-refractivity contribution in [2.75, 3.05) is 6.54 Å². The highest BCUT2D eigenvalue weighted by molar-refractivity contribution is 6.29. The van der Waals surface area contributed by atoms with Crippen LogP contribution in [0.1, 0.15) is 29.8 Å². The highest BCUT2D eigenvalue weighted by Gasteiger charge is 2.33. The molecule has 1 aliphatic rings. The number of hydrogen-bond acceptors (Lipinski definition) is 4. The van der Waals surface area contributed by atoms with E-state index in [4.69, 9.17) is 16.7 Å². The highest BCUT2D eigenvalue weighted by Crippen LogP contribution is 2.19. The van der Waals surface area contributed by atoms with Crippen LogP contribution in [0.3, 0.4) is 0 Å². The summed E-state index contributed by atoms with van der Waals surface area (Å²) in [6.45, 7) is 0.431. The van der Waals surface area contributed by atoms with E-state index in [1.807, 2.05) is 0 Å². The van der Waals surface area contributed by atoms with Crippen LogP contribution in [0.2, 0.25) is 5.15 Å². The fourth-order valence-corrected chi connectivity index (χ4v) is 2.11. The van der Waals surface area contributed by atoms with E-state index in [2.05, 4.69) is 10.2 Å². The third-order valence-corrected chi connectivity index (χ3v) is 3.10. The van der Waals surface area contributed by atoms with Gasteiger partial charge in [-0.2, -0.15) is 0 Å². The lowest BCUT2D eigenvalue weighted by Crippen LogP contribution is -2.48. The van der Waals surface area contributed by atoms with Crippen LogP contribution in [0.4, 0.5) is 0 Å². The fraction of sp³-hybridized carbons (Fsp3) is 0.455. The zero-order chi connectivity index (χ0) is 13.1. The molecule has 0 aliphatic carbocycles. The van der Waals surface area contributed by atoms with Crippen LogP contribution in [-0.4, -0.2) is 44.7 Å². The minimum atomic E-state index is -0.982. The number of carboxylic acids is 1. The monoisotopic (exact) mass is 269 g/mol. The molecule has 1 aromatic rings. The van der Waals surface area contributed by atoms with E-state index < -0.39 is 17.9 Å². The van der Waals surface area contributed by atoms with Crippen molar-refractivity contribution in [2.24, 2.45) is 0 Å². The van der Waals surface area contributed by atoms with Gasteiger partial charge in [0.2, 0.25) is 0 Å². The van der Waals surface area contributed by atoms with Crippen molar-refractivity contribution in [3.05, 3.63) is 23.0 Å². The lowest BCUT2D eigenvalue weighted by atomic mass is 10.0. The third kappa shape index (κ3) is 2.59. The topological polar surface area (TPSA) is 83.4 Å². The Morgan fingerprint density at radius 2 is 2.11 bits per heavy atom. The minimum absolute atomic E-state index is 0.118. The number of halogens is 1. The molecule has 1 N–H and O–H groups in total. The van der Waals surface area contributed by atoms with Crippen LogP contribution < -0.4 is 0 Å². The fourth-order valence-electron chi connectivity index (χ4n) is 2.01. The molecular weight excluding hydrogens is 258 g/mol. The van der Waals surface area contributed by atoms with Crippen molar-refractivity contribution in [1.82, 2.24) is 15.1 Å². The zero-order valence-corrected chi connectivity index (χ0v) is 10.3. The first-order valence-corrected chi connectivity index (χ1v) is 6.00. The number of nitrogens with zero attached hydrogens (tertiary/aromatic N) is 3. The molecule has 0 spiro atoms. The number of carbonyl (C=O) groups excluding carboxylic acids is 1. The standard InChI is InChI=1S/C11H12ClN3O3/c12-9-5-4-7(13-14-9)10(16)15-6-2-1-3-8(15)11(17)18/h4-5,8H,1-3,6H2,(H,17,18)/t8-/m1/s1. The first-order chi connectivity index (χ1) is 8.59. The summed E-state index contributed by atoms with van der Waals surface area (Å²) in [5.41, 5.74) is 0.118. The molecule has 1 fully saturated rings. The SMILES string of the molecule is O=C(O)[C@H]1CCCCN1C(=O)c1ccc(Cl)nn1. The number of amides is 1. The number of hydrogen-bond donors (Lipinski definition) is 1. The Labute approximate surface area is 109 Å². The molecule has 6 nitrogen and oxygen atoms in total. The Hall–Kier alpha value is -1.69. The number of piperidine rings is 1. The van der Waals surface area contributed by atoms with Gasteiger partial charge in [0, 0.05) is 6.54 Å². The van der Waals surface area contributed by atoms with Gasteiger partial charge in [-0.25, -0.2) is 4.79 Å². The van der Waals surface area contributed by atoms with Crippen LogP contribution in [0.25, 0.3) is 0 Å². The summed E-state index contributed by atoms with van der Waals surface area (Å²) in [5, 5.41) is 16.6. The van der Waals surface area contributed by atoms with Crippen molar-refractivity contribution in [1.29, 1.82) is 0 Å². The molecule has 0 bridgehead atoms. The molecule has 2 rings (SSSR count). The van der Waals surface area contributed by atoms with Crippen LogP contribution >= 0.6 is 11.6 Å². The maximum absolute atomic E-state index is 12.1. The second-order valence-electron chi connectivity index (χ2n) is 4.09. The third-order valence-electron chi connectivity index (χ3n) is 2.90. The first kappa shape index (κ1) is 12.8. The summed E-state index contributed by atoms with van der Waals surface area (Å²) in [7, 11) is 0. The molecule has 0 radical (unpaired) electrons. The predicted octanol–water partition coefficient (Wildman–Crippen LogP) is 1.21. The molecule has 1 aliphatic heterocycles. The molecule has 0 saturated carbocycles. The largest absolute Gasteiger partial charge is 0.480 e. The normalized spacial score (nSPS) is 19.6. The Bertz CT molecular complexity index is 463. The number of aromatic nitrogens is 2. The number of aliphatic carboxylic acids is 1. The van der Waals surface area contributed by atoms with Crippen molar-refractivity contribution in [3.8, 4) is 0 Å². The van der Waals surface area contributed by atoms with Crippen LogP contribution in [0.15, 0.2) is 12.1 Å². The van der Waals surface area contributed by atoms with E-state index in [0.717, 1.165) is 12.8 Å². The molecule has 0 aromatic carbocycles. The molecule has 2 heterocycles. The number of carboxylic acid groups (broad SMARTS) is 1. The Morgan fingerprint density at radius 1 is 1.33 bits per heavy atom. The average Bonchev–Trinajstić information content (AvgIpc) is 2.39. The van der Waals surface area contributed by atoms with Gasteiger partial charge in [0.15, 0.2) is 10.8 Å². The maximum Gasteiger partial charge on any atom is 0.326 e. The van der Waals surface area contributed by atoms with Crippen molar-refractivity contribution in [3.63, 3.8) is 0 Å². The van der Waals surface area contributed by atoms with Crippen LogP contribution in [0, 0.1) is 0 Å². The summed E-state index contributed by atoms with van der Waals surface area (Å²) in [4.78, 5) is 24.6. The Balaban J connectivity index is 2.20. The van der Waals surface area contributed by atoms with Gasteiger partial charge in [-0.15, -0.1) is 10.2 Å². The van der Waals surface area contributed by atoms with Gasteiger partial charge in [-0.1, -0.05) is 11.6 Å². The van der Waals surface area contributed by atoms with E-state index >= 15 is 0 Å². The second-order valence-corrected chi connectivity index (χ2v) is 4.48. The highest BCUT2D eigenvalue weighted by atomic mass is 35.5. The van der Waals surface area contributed by atoms with Crippen LogP contribution in [-0.2, 0) is 4.79 Å². The zero-order valence-electron chi connectivity index (χ0n) is 9.54. The van der Waals surface area contributed by atoms with E-state index in [1.54, 1.807) is 0 Å². The van der Waals surface area contributed by atoms with Crippen LogP contribution in [0.5, 0.6) is 0 Å².